The van der Waals surface area contributed by atoms with Gasteiger partial charge in [0.05, 0.1) is 51.7 Å². The number of nitrogens with two attached hydrogens (primary N) is 1. The number of halogens is 8. The highest BCUT2D eigenvalue weighted by Gasteiger charge is 2.51. The highest BCUT2D eigenvalue weighted by molar-refractivity contribution is 7.23. The Morgan fingerprint density at radius 1 is 1.17 bits per heavy atom. The predicted molar refractivity (Wildman–Crippen MR) is 179 cm³/mol. The van der Waals surface area contributed by atoms with Gasteiger partial charge in [0.15, 0.2) is 6.29 Å². The van der Waals surface area contributed by atoms with Crippen LogP contribution < -0.4 is 15.4 Å². The zero-order valence-corrected chi connectivity index (χ0v) is 28.9. The number of aromatic nitrogens is 2. The van der Waals surface area contributed by atoms with E-state index in [-0.39, 0.29) is 54.2 Å². The Morgan fingerprint density at radius 2 is 1.96 bits per heavy atom. The molecule has 6 heterocycles. The summed E-state index contributed by atoms with van der Waals surface area (Å²) in [5.74, 6) is -1.47. The summed E-state index contributed by atoms with van der Waals surface area (Å²) >= 11 is 0.541. The third-order valence-electron chi connectivity index (χ3n) is 11.0. The number of likely N-dealkylation sites (N-methyl/N-ethyl adjacent to an activating group) is 1. The van der Waals surface area contributed by atoms with Gasteiger partial charge in [0.1, 0.15) is 35.5 Å². The summed E-state index contributed by atoms with van der Waals surface area (Å²) in [4.78, 5) is 12.2. The summed E-state index contributed by atoms with van der Waals surface area (Å²) in [6, 6.07) is 2.74. The molecule has 282 valence electrons. The van der Waals surface area contributed by atoms with Crippen LogP contribution in [-0.2, 0) is 21.8 Å². The van der Waals surface area contributed by atoms with Crippen molar-refractivity contribution in [2.75, 3.05) is 50.1 Å². The minimum atomic E-state index is -5.49. The number of hydrogen-bond acceptors (Lipinski definition) is 10. The number of thiophene rings is 1. The van der Waals surface area contributed by atoms with Crippen LogP contribution >= 0.6 is 11.3 Å². The van der Waals surface area contributed by atoms with Gasteiger partial charge in [0.2, 0.25) is 0 Å². The molecule has 53 heavy (non-hydrogen) atoms. The average Bonchev–Trinajstić information content (AvgIpc) is 3.90. The maximum atomic E-state index is 15.6. The topological polar surface area (TPSA) is 110 Å². The van der Waals surface area contributed by atoms with E-state index < -0.39 is 92.3 Å². The van der Waals surface area contributed by atoms with Crippen LogP contribution in [0.5, 0.6) is 6.01 Å². The van der Waals surface area contributed by atoms with Crippen LogP contribution in [0.25, 0.3) is 32.1 Å². The molecule has 0 amide bonds. The molecule has 4 fully saturated rings. The van der Waals surface area contributed by atoms with E-state index in [2.05, 4.69) is 9.97 Å². The number of anilines is 2. The Hall–Kier alpha value is -4.05. The molecule has 2 aromatic heterocycles. The van der Waals surface area contributed by atoms with E-state index in [1.165, 1.54) is 0 Å². The molecule has 4 aliphatic heterocycles. The zero-order chi connectivity index (χ0) is 37.6. The summed E-state index contributed by atoms with van der Waals surface area (Å²) in [6.07, 6.45) is -10.6. The van der Waals surface area contributed by atoms with Crippen LogP contribution in [-0.4, -0.2) is 78.4 Å². The minimum Gasteiger partial charge on any atom is -0.461 e. The number of fused-ring (bicyclic) bond motifs is 4. The van der Waals surface area contributed by atoms with Gasteiger partial charge in [0, 0.05) is 41.8 Å². The van der Waals surface area contributed by atoms with Crippen molar-refractivity contribution in [2.45, 2.75) is 69.0 Å². The lowest BCUT2D eigenvalue weighted by Crippen LogP contribution is -2.44. The van der Waals surface area contributed by atoms with Crippen molar-refractivity contribution in [3.05, 3.63) is 40.7 Å². The first-order chi connectivity index (χ1) is 25.1. The van der Waals surface area contributed by atoms with Crippen LogP contribution in [0, 0.1) is 23.1 Å². The lowest BCUT2D eigenvalue weighted by atomic mass is 9.88. The second-order valence-corrected chi connectivity index (χ2v) is 14.9. The largest absolute Gasteiger partial charge is 0.461 e. The molecule has 0 spiro atoms. The fraction of sp³-hybridized carbons (Fsp3) is 0.514. The summed E-state index contributed by atoms with van der Waals surface area (Å²) < 4.78 is 139. The maximum absolute atomic E-state index is 15.6. The van der Waals surface area contributed by atoms with Crippen LogP contribution in [0.2, 0.25) is 0 Å². The van der Waals surface area contributed by atoms with Gasteiger partial charge in [-0.3, -0.25) is 4.90 Å². The van der Waals surface area contributed by atoms with Gasteiger partial charge in [-0.15, -0.1) is 11.3 Å². The fourth-order valence-electron chi connectivity index (χ4n) is 8.75. The summed E-state index contributed by atoms with van der Waals surface area (Å²) in [7, 11) is 0. The van der Waals surface area contributed by atoms with Gasteiger partial charge < -0.3 is 24.8 Å². The quantitative estimate of drug-likeness (QED) is 0.189. The van der Waals surface area contributed by atoms with E-state index in [0.717, 1.165) is 18.6 Å². The van der Waals surface area contributed by atoms with Crippen molar-refractivity contribution in [1.29, 1.82) is 5.26 Å². The molecule has 4 saturated heterocycles. The standard InChI is InChI=1S/C35H32F8N6O3S/c1-2-49(23-14-51-31-17(23)6-9-50-31)30-19-10-21(34(38,39)40)25(18-4-5-22(37)28-24(18)20(12-44)29(45)53-28)26(35(41,42)43)27(19)46-32(47-30)52-15-33-7-3-8-48(33)13-16(36)11-33/h4-5,10,16-17,23,31H,2-3,6-9,11,13-15,45H2,1H3/t16-,17?,23?,31-,33+/m1/s1. The molecule has 0 radical (unpaired) electrons. The Balaban J connectivity index is 1.42. The number of hydrogen-bond donors (Lipinski definition) is 1. The second kappa shape index (κ2) is 12.8. The molecule has 2 unspecified atom stereocenters. The molecule has 4 aliphatic rings. The fourth-order valence-corrected chi connectivity index (χ4v) is 9.70. The molecule has 8 rings (SSSR count). The number of nitrogen functional groups attached to an aromatic ring is 1. The van der Waals surface area contributed by atoms with Crippen LogP contribution in [0.15, 0.2) is 18.2 Å². The normalized spacial score (nSPS) is 26.0. The average molecular weight is 769 g/mol. The van der Waals surface area contributed by atoms with E-state index >= 15 is 30.7 Å². The number of alkyl halides is 7. The number of nitrogens with zero attached hydrogens (tertiary/aromatic N) is 5. The molecule has 2 aromatic carbocycles. The van der Waals surface area contributed by atoms with Crippen LogP contribution in [0.3, 0.4) is 0 Å². The highest BCUT2D eigenvalue weighted by Crippen LogP contribution is 2.53. The van der Waals surface area contributed by atoms with E-state index in [1.54, 1.807) is 17.9 Å². The molecular formula is C35H32F8N6O3S. The molecule has 5 atom stereocenters. The highest BCUT2D eigenvalue weighted by atomic mass is 32.1. The van der Waals surface area contributed by atoms with Gasteiger partial charge in [0.25, 0.3) is 0 Å². The smallest absolute Gasteiger partial charge is 0.419 e. The lowest BCUT2D eigenvalue weighted by molar-refractivity contribution is -0.141. The number of nitriles is 1. The lowest BCUT2D eigenvalue weighted by Gasteiger charge is -2.33. The molecule has 0 saturated carbocycles. The molecule has 0 bridgehead atoms. The summed E-state index contributed by atoms with van der Waals surface area (Å²) in [6.45, 7) is 2.84. The van der Waals surface area contributed by atoms with E-state index in [4.69, 9.17) is 19.9 Å². The zero-order valence-electron chi connectivity index (χ0n) is 28.1. The Morgan fingerprint density at radius 3 is 2.68 bits per heavy atom. The molecular weight excluding hydrogens is 736 g/mol. The molecule has 2 N–H and O–H groups in total. The van der Waals surface area contributed by atoms with E-state index in [1.807, 2.05) is 4.90 Å². The SMILES string of the molecule is CCN(c1nc(OC[C@@]23CCCN2C[C@H](F)C3)nc2c(C(F)(F)F)c(-c3ccc(F)c4sc(N)c(C#N)c34)c(C(F)(F)F)cc12)C1CO[C@H]2OCCC12. The molecule has 18 heteroatoms. The van der Waals surface area contributed by atoms with Crippen molar-refractivity contribution < 1.29 is 49.3 Å². The first-order valence-corrected chi connectivity index (χ1v) is 17.9. The van der Waals surface area contributed by atoms with Gasteiger partial charge >= 0.3 is 18.4 Å². The van der Waals surface area contributed by atoms with Gasteiger partial charge in [-0.05, 0) is 50.4 Å². The predicted octanol–water partition coefficient (Wildman–Crippen LogP) is 7.68. The monoisotopic (exact) mass is 768 g/mol. The maximum Gasteiger partial charge on any atom is 0.419 e. The third-order valence-corrected chi connectivity index (χ3v) is 12.0. The van der Waals surface area contributed by atoms with Crippen molar-refractivity contribution in [3.63, 3.8) is 0 Å². The minimum absolute atomic E-state index is 0.0707. The molecule has 0 aliphatic carbocycles. The Labute approximate surface area is 301 Å². The summed E-state index contributed by atoms with van der Waals surface area (Å²) in [5, 5.41) is 8.57. The first-order valence-electron chi connectivity index (χ1n) is 17.1. The summed E-state index contributed by atoms with van der Waals surface area (Å²) in [5.41, 5.74) is -1.69. The van der Waals surface area contributed by atoms with Crippen molar-refractivity contribution >= 4 is 43.1 Å². The van der Waals surface area contributed by atoms with Gasteiger partial charge in [-0.2, -0.15) is 41.6 Å². The Kier molecular flexibility index (Phi) is 8.67. The van der Waals surface area contributed by atoms with Crippen LogP contribution in [0.1, 0.15) is 49.3 Å². The van der Waals surface area contributed by atoms with Crippen molar-refractivity contribution in [1.82, 2.24) is 14.9 Å². The molecule has 4 aromatic rings. The molecule has 9 nitrogen and oxygen atoms in total. The van der Waals surface area contributed by atoms with Crippen molar-refractivity contribution in [2.24, 2.45) is 5.92 Å². The third kappa shape index (κ3) is 5.81. The van der Waals surface area contributed by atoms with Gasteiger partial charge in [-0.1, -0.05) is 6.07 Å². The van der Waals surface area contributed by atoms with Gasteiger partial charge in [-0.25, -0.2) is 8.78 Å². The van der Waals surface area contributed by atoms with E-state index in [0.29, 0.717) is 43.4 Å². The number of ether oxygens (including phenoxy) is 3. The second-order valence-electron chi connectivity index (χ2n) is 13.9. The van der Waals surface area contributed by atoms with E-state index in [9.17, 15) is 9.65 Å². The van der Waals surface area contributed by atoms with Crippen molar-refractivity contribution in [3.8, 4) is 23.2 Å². The Bertz CT molecular complexity index is 2160. The number of rotatable bonds is 7. The first kappa shape index (κ1) is 36.0. The number of benzene rings is 2. The van der Waals surface area contributed by atoms with Crippen LogP contribution in [0.4, 0.5) is 45.9 Å².